The largest absolute Gasteiger partial charge is 0.378 e. The molecule has 0 heterocycles. The average molecular weight is 260 g/mol. The molecule has 0 aliphatic heterocycles. The van der Waals surface area contributed by atoms with Crippen molar-refractivity contribution in [3.05, 3.63) is 11.9 Å². The molecule has 0 atom stereocenters. The summed E-state index contributed by atoms with van der Waals surface area (Å²) < 4.78 is 109. The predicted octanol–water partition coefficient (Wildman–Crippen LogP) is 4.38. The summed E-state index contributed by atoms with van der Waals surface area (Å²) in [6.45, 7) is 0.428. The summed E-state index contributed by atoms with van der Waals surface area (Å²) in [4.78, 5) is 0. The SMILES string of the molecule is CCC(F)(F)C(F)(F)C(F)(F)C(F)=C(F)F. The Morgan fingerprint density at radius 2 is 1.25 bits per heavy atom. The van der Waals surface area contributed by atoms with Crippen LogP contribution in [0.3, 0.4) is 0 Å². The third-order valence-corrected chi connectivity index (χ3v) is 1.74. The van der Waals surface area contributed by atoms with E-state index in [0.29, 0.717) is 6.92 Å². The van der Waals surface area contributed by atoms with Crippen LogP contribution in [0.15, 0.2) is 11.9 Å². The lowest BCUT2D eigenvalue weighted by Crippen LogP contribution is -2.54. The zero-order chi connectivity index (χ0) is 13.4. The minimum atomic E-state index is -6.26. The third kappa shape index (κ3) is 2.12. The van der Waals surface area contributed by atoms with E-state index in [1.54, 1.807) is 0 Å². The van der Waals surface area contributed by atoms with Gasteiger partial charge in [-0.1, -0.05) is 6.92 Å². The molecule has 0 rings (SSSR count). The summed E-state index contributed by atoms with van der Waals surface area (Å²) in [5, 5.41) is 0. The van der Waals surface area contributed by atoms with E-state index in [4.69, 9.17) is 0 Å². The Balaban J connectivity index is 5.56. The highest BCUT2D eigenvalue weighted by Gasteiger charge is 2.73. The first-order chi connectivity index (χ1) is 6.91. The lowest BCUT2D eigenvalue weighted by Gasteiger charge is -2.30. The standard InChI is InChI=1S/C7H5F9/c1-2-5(11,12)7(15,16)6(13,14)3(8)4(9)10/h2H2,1H3. The van der Waals surface area contributed by atoms with Crippen molar-refractivity contribution in [1.82, 2.24) is 0 Å². The molecule has 0 N–H and O–H groups in total. The molecule has 0 unspecified atom stereocenters. The predicted molar refractivity (Wildman–Crippen MR) is 35.5 cm³/mol. The zero-order valence-electron chi connectivity index (χ0n) is 7.61. The number of alkyl halides is 6. The summed E-state index contributed by atoms with van der Waals surface area (Å²) in [6, 6.07) is 0. The van der Waals surface area contributed by atoms with Crippen LogP contribution in [0.1, 0.15) is 13.3 Å². The van der Waals surface area contributed by atoms with Crippen LogP contribution in [0.4, 0.5) is 39.5 Å². The molecule has 0 aromatic carbocycles. The van der Waals surface area contributed by atoms with E-state index in [1.165, 1.54) is 0 Å². The summed E-state index contributed by atoms with van der Waals surface area (Å²) >= 11 is 0. The van der Waals surface area contributed by atoms with Crippen LogP contribution in [0, 0.1) is 0 Å². The van der Waals surface area contributed by atoms with Gasteiger partial charge in [-0.3, -0.25) is 0 Å². The van der Waals surface area contributed by atoms with Crippen LogP contribution in [0.5, 0.6) is 0 Å². The van der Waals surface area contributed by atoms with Crippen molar-refractivity contribution in [2.45, 2.75) is 31.1 Å². The van der Waals surface area contributed by atoms with Gasteiger partial charge in [0, 0.05) is 6.42 Å². The molecular formula is C7H5F9. The maximum absolute atomic E-state index is 12.5. The molecule has 0 aliphatic carbocycles. The van der Waals surface area contributed by atoms with E-state index >= 15 is 0 Å². The molecule has 96 valence electrons. The second-order valence-corrected chi connectivity index (χ2v) is 2.78. The molecule has 0 radical (unpaired) electrons. The maximum atomic E-state index is 12.5. The maximum Gasteiger partial charge on any atom is 0.378 e. The minimum Gasteiger partial charge on any atom is -0.200 e. The van der Waals surface area contributed by atoms with Gasteiger partial charge in [0.15, 0.2) is 0 Å². The van der Waals surface area contributed by atoms with Crippen LogP contribution in [-0.4, -0.2) is 17.8 Å². The van der Waals surface area contributed by atoms with Crippen molar-refractivity contribution in [3.63, 3.8) is 0 Å². The van der Waals surface area contributed by atoms with Gasteiger partial charge in [0.05, 0.1) is 0 Å². The van der Waals surface area contributed by atoms with E-state index in [2.05, 4.69) is 0 Å². The lowest BCUT2D eigenvalue weighted by molar-refractivity contribution is -0.301. The molecule has 0 amide bonds. The van der Waals surface area contributed by atoms with Crippen molar-refractivity contribution >= 4 is 0 Å². The van der Waals surface area contributed by atoms with Gasteiger partial charge in [0.2, 0.25) is 5.83 Å². The summed E-state index contributed by atoms with van der Waals surface area (Å²) in [5.41, 5.74) is 0. The van der Waals surface area contributed by atoms with Crippen LogP contribution in [0.2, 0.25) is 0 Å². The Labute approximate surface area is 83.7 Å². The fraction of sp³-hybridized carbons (Fsp3) is 0.714. The molecular weight excluding hydrogens is 255 g/mol. The molecule has 9 heteroatoms. The molecule has 0 saturated carbocycles. The number of hydrogen-bond acceptors (Lipinski definition) is 0. The van der Waals surface area contributed by atoms with Gasteiger partial charge in [-0.05, 0) is 0 Å². The second kappa shape index (κ2) is 4.17. The Morgan fingerprint density at radius 3 is 1.50 bits per heavy atom. The van der Waals surface area contributed by atoms with Crippen LogP contribution >= 0.6 is 0 Å². The quantitative estimate of drug-likeness (QED) is 0.658. The molecule has 0 aromatic heterocycles. The Morgan fingerprint density at radius 1 is 0.875 bits per heavy atom. The van der Waals surface area contributed by atoms with E-state index < -0.39 is 36.1 Å². The average Bonchev–Trinajstić information content (AvgIpc) is 2.15. The topological polar surface area (TPSA) is 0 Å². The molecule has 16 heavy (non-hydrogen) atoms. The van der Waals surface area contributed by atoms with Crippen LogP contribution < -0.4 is 0 Å². The fourth-order valence-corrected chi connectivity index (χ4v) is 0.708. The molecule has 0 fully saturated rings. The van der Waals surface area contributed by atoms with Gasteiger partial charge in [-0.2, -0.15) is 39.5 Å². The van der Waals surface area contributed by atoms with E-state index in [0.717, 1.165) is 0 Å². The Bertz CT molecular complexity index is 286. The second-order valence-electron chi connectivity index (χ2n) is 2.78. The summed E-state index contributed by atoms with van der Waals surface area (Å²) in [7, 11) is 0. The van der Waals surface area contributed by atoms with Gasteiger partial charge >= 0.3 is 23.8 Å². The van der Waals surface area contributed by atoms with Gasteiger partial charge in [0.1, 0.15) is 0 Å². The smallest absolute Gasteiger partial charge is 0.200 e. The van der Waals surface area contributed by atoms with Crippen molar-refractivity contribution < 1.29 is 39.5 Å². The molecule has 0 nitrogen and oxygen atoms in total. The van der Waals surface area contributed by atoms with Crippen molar-refractivity contribution in [3.8, 4) is 0 Å². The monoisotopic (exact) mass is 260 g/mol. The van der Waals surface area contributed by atoms with E-state index in [9.17, 15) is 39.5 Å². The third-order valence-electron chi connectivity index (χ3n) is 1.74. The van der Waals surface area contributed by atoms with Gasteiger partial charge in [-0.25, -0.2) is 0 Å². The summed E-state index contributed by atoms with van der Waals surface area (Å²) in [6.07, 6.45) is -5.52. The van der Waals surface area contributed by atoms with Gasteiger partial charge in [-0.15, -0.1) is 0 Å². The first-order valence-electron chi connectivity index (χ1n) is 3.76. The van der Waals surface area contributed by atoms with Gasteiger partial charge in [0.25, 0.3) is 0 Å². The Kier molecular flexibility index (Phi) is 3.94. The fourth-order valence-electron chi connectivity index (χ4n) is 0.708. The first kappa shape index (κ1) is 15.1. The van der Waals surface area contributed by atoms with Crippen molar-refractivity contribution in [1.29, 1.82) is 0 Å². The minimum absolute atomic E-state index is 0.428. The van der Waals surface area contributed by atoms with Crippen LogP contribution in [0.25, 0.3) is 0 Å². The van der Waals surface area contributed by atoms with Crippen molar-refractivity contribution in [2.24, 2.45) is 0 Å². The highest BCUT2D eigenvalue weighted by Crippen LogP contribution is 2.51. The number of rotatable bonds is 4. The normalized spacial score (nSPS) is 13.9. The molecule has 0 aromatic rings. The lowest BCUT2D eigenvalue weighted by atomic mass is 10.0. The highest BCUT2D eigenvalue weighted by molar-refractivity contribution is 5.14. The number of allylic oxidation sites excluding steroid dienone is 1. The molecule has 0 aliphatic rings. The highest BCUT2D eigenvalue weighted by atomic mass is 19.3. The number of halogens is 9. The van der Waals surface area contributed by atoms with E-state index in [-0.39, 0.29) is 0 Å². The number of hydrogen-bond donors (Lipinski definition) is 0. The first-order valence-corrected chi connectivity index (χ1v) is 3.76. The van der Waals surface area contributed by atoms with E-state index in [1.807, 2.05) is 0 Å². The molecule has 0 spiro atoms. The summed E-state index contributed by atoms with van der Waals surface area (Å²) in [5.74, 6) is -21.7. The molecule has 0 saturated heterocycles. The van der Waals surface area contributed by atoms with Gasteiger partial charge < -0.3 is 0 Å². The van der Waals surface area contributed by atoms with Crippen molar-refractivity contribution in [2.75, 3.05) is 0 Å². The Hall–Kier alpha value is -0.890. The zero-order valence-corrected chi connectivity index (χ0v) is 7.61. The molecule has 0 bridgehead atoms. The van der Waals surface area contributed by atoms with Crippen LogP contribution in [-0.2, 0) is 0 Å².